The molecular weight excluding hydrogens is 504 g/mol. The van der Waals surface area contributed by atoms with Crippen LogP contribution in [0.3, 0.4) is 0 Å². The van der Waals surface area contributed by atoms with Crippen LogP contribution in [0.4, 0.5) is 5.69 Å². The van der Waals surface area contributed by atoms with Gasteiger partial charge in [0.1, 0.15) is 19.2 Å². The number of carbonyl (C=O) groups excluding carboxylic acids is 6. The number of ether oxygens (including phenoxy) is 1. The lowest BCUT2D eigenvalue weighted by molar-refractivity contribution is -0.149. The minimum atomic E-state index is -0.962. The summed E-state index contributed by atoms with van der Waals surface area (Å²) in [5.74, 6) is -3.67. The van der Waals surface area contributed by atoms with Crippen LogP contribution in [0.1, 0.15) is 59.9 Å². The van der Waals surface area contributed by atoms with Crippen LogP contribution in [0.2, 0.25) is 0 Å². The second-order valence-electron chi connectivity index (χ2n) is 10.5. The van der Waals surface area contributed by atoms with Gasteiger partial charge >= 0.3 is 5.97 Å². The molecule has 3 atom stereocenters. The Hall–Kier alpha value is -3.76. The Kier molecular flexibility index (Phi) is 11.6. The van der Waals surface area contributed by atoms with Crippen molar-refractivity contribution in [3.63, 3.8) is 0 Å². The van der Waals surface area contributed by atoms with E-state index < -0.39 is 42.1 Å². The first-order valence-electron chi connectivity index (χ1n) is 13.3. The summed E-state index contributed by atoms with van der Waals surface area (Å²) < 4.78 is 5.26. The van der Waals surface area contributed by atoms with Gasteiger partial charge in [0.2, 0.25) is 29.5 Å². The van der Waals surface area contributed by atoms with E-state index in [0.29, 0.717) is 12.1 Å². The van der Waals surface area contributed by atoms with Crippen LogP contribution in [0, 0.1) is 23.7 Å². The van der Waals surface area contributed by atoms with Gasteiger partial charge in [-0.25, -0.2) is 0 Å². The lowest BCUT2D eigenvalue weighted by Crippen LogP contribution is -2.53. The number of benzene rings is 1. The summed E-state index contributed by atoms with van der Waals surface area (Å²) in [6, 6.07) is 5.81. The highest BCUT2D eigenvalue weighted by Crippen LogP contribution is 2.26. The molecule has 0 bridgehead atoms. The number of hydrogen-bond donors (Lipinski definition) is 3. The number of esters is 1. The third kappa shape index (κ3) is 9.19. The first-order valence-corrected chi connectivity index (χ1v) is 13.3. The topological polar surface area (TPSA) is 151 Å². The van der Waals surface area contributed by atoms with E-state index in [0.717, 1.165) is 10.5 Å². The predicted molar refractivity (Wildman–Crippen MR) is 144 cm³/mol. The van der Waals surface area contributed by atoms with E-state index in [1.165, 1.54) is 0 Å². The Balaban J connectivity index is 1.84. The molecule has 0 aromatic heterocycles. The lowest BCUT2D eigenvalue weighted by Gasteiger charge is -2.23. The highest BCUT2D eigenvalue weighted by Gasteiger charge is 2.41. The molecule has 3 unspecified atom stereocenters. The van der Waals surface area contributed by atoms with Gasteiger partial charge in [0.05, 0.1) is 12.5 Å². The number of nitrogens with one attached hydrogen (secondary N) is 3. The normalized spacial score (nSPS) is 16.7. The standard InChI is InChI=1S/C28H40N4O7/c1-7-18(6)28(38)39-15-19-8-10-20(11-9-19)30-22(33)13-29-26(36)25(17(4)5)31-23(34)14-32-24(35)12-21(16(2)3)27(32)37/h8-11,16-18,21,25H,7,12-15H2,1-6H3,(H,29,36)(H,30,33)(H,31,34). The molecule has 0 aliphatic carbocycles. The molecule has 214 valence electrons. The molecule has 0 saturated carbocycles. The molecule has 0 spiro atoms. The number of likely N-dealkylation sites (tertiary alicyclic amines) is 1. The van der Waals surface area contributed by atoms with Crippen LogP contribution in [0.5, 0.6) is 0 Å². The number of hydrogen-bond acceptors (Lipinski definition) is 7. The number of rotatable bonds is 13. The number of nitrogens with zero attached hydrogens (tertiary/aromatic N) is 1. The molecule has 2 rings (SSSR count). The van der Waals surface area contributed by atoms with Crippen molar-refractivity contribution in [3.05, 3.63) is 29.8 Å². The third-order valence-corrected chi connectivity index (χ3v) is 6.71. The molecule has 5 amide bonds. The van der Waals surface area contributed by atoms with Gasteiger partial charge in [-0.3, -0.25) is 33.7 Å². The van der Waals surface area contributed by atoms with Gasteiger partial charge in [0.15, 0.2) is 0 Å². The Bertz CT molecular complexity index is 1070. The van der Waals surface area contributed by atoms with E-state index in [1.807, 2.05) is 20.8 Å². The van der Waals surface area contributed by atoms with Crippen molar-refractivity contribution in [2.45, 2.75) is 67.0 Å². The Morgan fingerprint density at radius 3 is 2.18 bits per heavy atom. The lowest BCUT2D eigenvalue weighted by atomic mass is 9.94. The molecule has 1 aliphatic heterocycles. The Morgan fingerprint density at radius 2 is 1.64 bits per heavy atom. The molecule has 11 nitrogen and oxygen atoms in total. The van der Waals surface area contributed by atoms with Gasteiger partial charge < -0.3 is 20.7 Å². The summed E-state index contributed by atoms with van der Waals surface area (Å²) in [5, 5.41) is 7.75. The molecule has 11 heteroatoms. The zero-order valence-electron chi connectivity index (χ0n) is 23.5. The van der Waals surface area contributed by atoms with Crippen LogP contribution in [-0.4, -0.2) is 59.5 Å². The maximum atomic E-state index is 12.7. The zero-order chi connectivity index (χ0) is 29.3. The molecule has 1 aromatic carbocycles. The van der Waals surface area contributed by atoms with Gasteiger partial charge in [-0.15, -0.1) is 0 Å². The number of carbonyl (C=O) groups is 6. The van der Waals surface area contributed by atoms with Crippen molar-refractivity contribution in [2.75, 3.05) is 18.4 Å². The van der Waals surface area contributed by atoms with Crippen LogP contribution in [0.25, 0.3) is 0 Å². The van der Waals surface area contributed by atoms with Crippen LogP contribution in [-0.2, 0) is 40.1 Å². The van der Waals surface area contributed by atoms with Gasteiger partial charge in [0.25, 0.3) is 0 Å². The average molecular weight is 545 g/mol. The average Bonchev–Trinajstić information content (AvgIpc) is 3.17. The van der Waals surface area contributed by atoms with Crippen molar-refractivity contribution in [1.29, 1.82) is 0 Å². The fraction of sp³-hybridized carbons (Fsp3) is 0.571. The summed E-state index contributed by atoms with van der Waals surface area (Å²) in [6.07, 6.45) is 0.769. The highest BCUT2D eigenvalue weighted by atomic mass is 16.5. The van der Waals surface area contributed by atoms with Gasteiger partial charge in [-0.05, 0) is 36.0 Å². The highest BCUT2D eigenvalue weighted by molar-refractivity contribution is 6.06. The molecule has 0 radical (unpaired) electrons. The number of imide groups is 1. The van der Waals surface area contributed by atoms with Crippen molar-refractivity contribution in [1.82, 2.24) is 15.5 Å². The molecule has 1 aliphatic rings. The second-order valence-corrected chi connectivity index (χ2v) is 10.5. The second kappa shape index (κ2) is 14.4. The van der Waals surface area contributed by atoms with Gasteiger partial charge in [-0.2, -0.15) is 0 Å². The molecule has 1 heterocycles. The first kappa shape index (κ1) is 31.5. The van der Waals surface area contributed by atoms with Crippen molar-refractivity contribution in [2.24, 2.45) is 23.7 Å². The largest absolute Gasteiger partial charge is 0.461 e. The summed E-state index contributed by atoms with van der Waals surface area (Å²) >= 11 is 0. The Labute approximate surface area is 229 Å². The molecular formula is C28H40N4O7. The summed E-state index contributed by atoms with van der Waals surface area (Å²) in [7, 11) is 0. The van der Waals surface area contributed by atoms with E-state index in [9.17, 15) is 28.8 Å². The van der Waals surface area contributed by atoms with Crippen LogP contribution >= 0.6 is 0 Å². The van der Waals surface area contributed by atoms with Gasteiger partial charge in [-0.1, -0.05) is 53.7 Å². The van der Waals surface area contributed by atoms with Crippen LogP contribution < -0.4 is 16.0 Å². The number of anilines is 1. The minimum absolute atomic E-state index is 0.0213. The molecule has 39 heavy (non-hydrogen) atoms. The maximum absolute atomic E-state index is 12.7. The quantitative estimate of drug-likeness (QED) is 0.254. The zero-order valence-corrected chi connectivity index (χ0v) is 23.5. The van der Waals surface area contributed by atoms with E-state index in [4.69, 9.17) is 4.74 Å². The summed E-state index contributed by atoms with van der Waals surface area (Å²) in [6.45, 7) is 10.2. The molecule has 3 N–H and O–H groups in total. The van der Waals surface area contributed by atoms with E-state index in [1.54, 1.807) is 45.0 Å². The fourth-order valence-corrected chi connectivity index (χ4v) is 3.92. The number of amides is 5. The summed E-state index contributed by atoms with van der Waals surface area (Å²) in [4.78, 5) is 75.1. The monoisotopic (exact) mass is 544 g/mol. The smallest absolute Gasteiger partial charge is 0.308 e. The summed E-state index contributed by atoms with van der Waals surface area (Å²) in [5.41, 5.74) is 1.27. The van der Waals surface area contributed by atoms with Crippen molar-refractivity contribution in [3.8, 4) is 0 Å². The minimum Gasteiger partial charge on any atom is -0.461 e. The Morgan fingerprint density at radius 1 is 1.00 bits per heavy atom. The molecule has 1 aromatic rings. The SMILES string of the molecule is CCC(C)C(=O)OCc1ccc(NC(=O)CNC(=O)C(NC(=O)CN2C(=O)CC(C(C)C)C2=O)C(C)C)cc1. The van der Waals surface area contributed by atoms with Gasteiger partial charge in [0, 0.05) is 18.0 Å². The third-order valence-electron chi connectivity index (χ3n) is 6.71. The van der Waals surface area contributed by atoms with E-state index >= 15 is 0 Å². The fourth-order valence-electron chi connectivity index (χ4n) is 3.92. The van der Waals surface area contributed by atoms with Crippen LogP contribution in [0.15, 0.2) is 24.3 Å². The molecule has 1 fully saturated rings. The maximum Gasteiger partial charge on any atom is 0.308 e. The van der Waals surface area contributed by atoms with Crippen molar-refractivity contribution < 1.29 is 33.5 Å². The first-order chi connectivity index (χ1) is 18.3. The van der Waals surface area contributed by atoms with Crippen molar-refractivity contribution >= 4 is 41.2 Å². The van der Waals surface area contributed by atoms with E-state index in [-0.39, 0.29) is 49.2 Å². The molecule has 1 saturated heterocycles. The van der Waals surface area contributed by atoms with E-state index in [2.05, 4.69) is 16.0 Å². The predicted octanol–water partition coefficient (Wildman–Crippen LogP) is 2.00.